The monoisotopic (exact) mass is 576 g/mol. The van der Waals surface area contributed by atoms with Gasteiger partial charge in [0.15, 0.2) is 0 Å². The lowest BCUT2D eigenvalue weighted by atomic mass is 9.76. The van der Waals surface area contributed by atoms with Crippen LogP contribution in [0.3, 0.4) is 0 Å². The third kappa shape index (κ3) is 5.87. The Kier molecular flexibility index (Phi) is 7.40. The first kappa shape index (κ1) is 27.8. The van der Waals surface area contributed by atoms with Gasteiger partial charge in [0.2, 0.25) is 17.9 Å². The minimum atomic E-state index is -4.80. The molecule has 1 unspecified atom stereocenters. The molecule has 2 aromatic carbocycles. The summed E-state index contributed by atoms with van der Waals surface area (Å²) >= 11 is 6.15. The second-order valence-corrected chi connectivity index (χ2v) is 10.7. The van der Waals surface area contributed by atoms with Gasteiger partial charge < -0.3 is 31.5 Å². The van der Waals surface area contributed by atoms with E-state index in [-0.39, 0.29) is 33.4 Å². The SMILES string of the molecule is Nc1ccc(-c2cc(Cl)ccc2[C@@H](Oc2cc(N3CCC4(CC3)CNC(C(=O)O)C4)nc(N)n2)C(F)(F)F)cc1. The number of carbonyl (C=O) groups is 1. The molecule has 6 N–H and O–H groups in total. The van der Waals surface area contributed by atoms with Crippen LogP contribution in [-0.2, 0) is 4.79 Å². The number of nitrogen functional groups attached to an aromatic ring is 2. The number of anilines is 3. The van der Waals surface area contributed by atoms with Crippen LogP contribution in [0.25, 0.3) is 11.1 Å². The van der Waals surface area contributed by atoms with Gasteiger partial charge in [-0.2, -0.15) is 23.1 Å². The quantitative estimate of drug-likeness (QED) is 0.308. The predicted octanol–water partition coefficient (Wildman–Crippen LogP) is 4.68. The fourth-order valence-electron chi connectivity index (χ4n) is 5.43. The third-order valence-corrected chi connectivity index (χ3v) is 7.80. The Morgan fingerprint density at radius 2 is 1.82 bits per heavy atom. The smallest absolute Gasteiger partial charge is 0.429 e. The molecule has 40 heavy (non-hydrogen) atoms. The summed E-state index contributed by atoms with van der Waals surface area (Å²) in [5, 5.41) is 12.6. The van der Waals surface area contributed by atoms with E-state index in [2.05, 4.69) is 15.3 Å². The van der Waals surface area contributed by atoms with Gasteiger partial charge >= 0.3 is 12.1 Å². The summed E-state index contributed by atoms with van der Waals surface area (Å²) in [7, 11) is 0. The maximum absolute atomic E-state index is 14.5. The zero-order chi connectivity index (χ0) is 28.7. The summed E-state index contributed by atoms with van der Waals surface area (Å²) in [5.41, 5.74) is 12.6. The van der Waals surface area contributed by atoms with Crippen molar-refractivity contribution in [3.63, 3.8) is 0 Å². The molecule has 9 nitrogen and oxygen atoms in total. The standard InChI is InChI=1S/C27H28ClF3N6O3/c28-16-3-6-18(19(11-16)15-1-4-17(32)5-2-15)23(27(29,30)31)40-22-12-21(35-25(33)36-22)37-9-7-26(8-10-37)13-20(24(38)39)34-14-26/h1-6,11-12,20,23,34H,7-10,13-14,32H2,(H,38,39)(H2,33,35,36)/t20?,23-/m1/s1. The molecule has 0 amide bonds. The second-order valence-electron chi connectivity index (χ2n) is 10.3. The first-order valence-electron chi connectivity index (χ1n) is 12.7. The summed E-state index contributed by atoms with van der Waals surface area (Å²) < 4.78 is 48.9. The Morgan fingerprint density at radius 1 is 1.12 bits per heavy atom. The number of ether oxygens (including phenoxy) is 1. The Labute approximate surface area is 233 Å². The normalized spacial score (nSPS) is 19.5. The van der Waals surface area contributed by atoms with Crippen molar-refractivity contribution in [3.05, 3.63) is 59.1 Å². The molecule has 2 aliphatic rings. The minimum Gasteiger partial charge on any atom is -0.480 e. The molecular weight excluding hydrogens is 549 g/mol. The number of benzene rings is 2. The Balaban J connectivity index is 1.41. The van der Waals surface area contributed by atoms with Gasteiger partial charge in [-0.25, -0.2) is 0 Å². The van der Waals surface area contributed by atoms with Gasteiger partial charge in [0, 0.05) is 42.0 Å². The van der Waals surface area contributed by atoms with Crippen LogP contribution in [0.1, 0.15) is 30.9 Å². The third-order valence-electron chi connectivity index (χ3n) is 7.57. The van der Waals surface area contributed by atoms with E-state index >= 15 is 0 Å². The van der Waals surface area contributed by atoms with Gasteiger partial charge in [-0.05, 0) is 60.1 Å². The highest BCUT2D eigenvalue weighted by atomic mass is 35.5. The van der Waals surface area contributed by atoms with Crippen molar-refractivity contribution in [1.29, 1.82) is 0 Å². The molecule has 1 aromatic heterocycles. The predicted molar refractivity (Wildman–Crippen MR) is 145 cm³/mol. The first-order valence-corrected chi connectivity index (χ1v) is 13.0. The molecule has 3 aromatic rings. The molecular formula is C27H28ClF3N6O3. The van der Waals surface area contributed by atoms with Gasteiger partial charge in [-0.15, -0.1) is 0 Å². The number of aliphatic carboxylic acids is 1. The average Bonchev–Trinajstić information content (AvgIpc) is 3.31. The number of nitrogens with zero attached hydrogens (tertiary/aromatic N) is 3. The van der Waals surface area contributed by atoms with Crippen LogP contribution in [0, 0.1) is 5.41 Å². The van der Waals surface area contributed by atoms with E-state index < -0.39 is 24.3 Å². The number of alkyl halides is 3. The van der Waals surface area contributed by atoms with E-state index in [0.29, 0.717) is 56.0 Å². The number of hydrogen-bond donors (Lipinski definition) is 4. The number of nitrogens with two attached hydrogens (primary N) is 2. The number of aromatic nitrogens is 2. The van der Waals surface area contributed by atoms with E-state index in [1.165, 1.54) is 24.3 Å². The molecule has 0 radical (unpaired) electrons. The lowest BCUT2D eigenvalue weighted by molar-refractivity contribution is -0.198. The van der Waals surface area contributed by atoms with Crippen LogP contribution < -0.4 is 26.4 Å². The summed E-state index contributed by atoms with van der Waals surface area (Å²) in [6, 6.07) is 11.3. The van der Waals surface area contributed by atoms with E-state index in [1.54, 1.807) is 24.3 Å². The second kappa shape index (κ2) is 10.7. The Bertz CT molecular complexity index is 1400. The molecule has 212 valence electrons. The van der Waals surface area contributed by atoms with Crippen LogP contribution >= 0.6 is 11.6 Å². The first-order chi connectivity index (χ1) is 18.9. The van der Waals surface area contributed by atoms with Crippen LogP contribution in [0.5, 0.6) is 5.88 Å². The molecule has 13 heteroatoms. The molecule has 2 atom stereocenters. The van der Waals surface area contributed by atoms with E-state index in [9.17, 15) is 23.1 Å². The summed E-state index contributed by atoms with van der Waals surface area (Å²) in [4.78, 5) is 21.4. The largest absolute Gasteiger partial charge is 0.480 e. The summed E-state index contributed by atoms with van der Waals surface area (Å²) in [6.07, 6.45) is -5.25. The van der Waals surface area contributed by atoms with E-state index in [4.69, 9.17) is 27.8 Å². The molecule has 5 rings (SSSR count). The van der Waals surface area contributed by atoms with Gasteiger partial charge in [-0.3, -0.25) is 4.79 Å². The molecule has 2 saturated heterocycles. The molecule has 2 aliphatic heterocycles. The van der Waals surface area contributed by atoms with E-state index in [1.807, 2.05) is 4.90 Å². The maximum atomic E-state index is 14.5. The summed E-state index contributed by atoms with van der Waals surface area (Å²) in [6.45, 7) is 1.67. The van der Waals surface area contributed by atoms with Crippen molar-refractivity contribution in [3.8, 4) is 17.0 Å². The molecule has 0 bridgehead atoms. The number of rotatable bonds is 6. The zero-order valence-electron chi connectivity index (χ0n) is 21.3. The van der Waals surface area contributed by atoms with Crippen molar-refractivity contribution >= 4 is 35.0 Å². The van der Waals surface area contributed by atoms with E-state index in [0.717, 1.165) is 0 Å². The number of carboxylic acids is 1. The maximum Gasteiger partial charge on any atom is 0.429 e. The lowest BCUT2D eigenvalue weighted by Crippen LogP contribution is -2.41. The Morgan fingerprint density at radius 3 is 2.45 bits per heavy atom. The van der Waals surface area contributed by atoms with Crippen LogP contribution in [0.4, 0.5) is 30.6 Å². The van der Waals surface area contributed by atoms with Crippen molar-refractivity contribution in [2.24, 2.45) is 5.41 Å². The number of halogens is 4. The van der Waals surface area contributed by atoms with Crippen molar-refractivity contribution in [1.82, 2.24) is 15.3 Å². The average molecular weight is 577 g/mol. The van der Waals surface area contributed by atoms with Crippen molar-refractivity contribution in [2.45, 2.75) is 37.6 Å². The number of nitrogens with one attached hydrogen (secondary N) is 1. The fourth-order valence-corrected chi connectivity index (χ4v) is 5.60. The highest BCUT2D eigenvalue weighted by molar-refractivity contribution is 6.30. The molecule has 2 fully saturated rings. The number of carboxylic acid groups (broad SMARTS) is 1. The van der Waals surface area contributed by atoms with Crippen molar-refractivity contribution < 1.29 is 27.8 Å². The summed E-state index contributed by atoms with van der Waals surface area (Å²) in [5.74, 6) is -1.08. The highest BCUT2D eigenvalue weighted by Gasteiger charge is 2.46. The molecule has 0 saturated carbocycles. The molecule has 3 heterocycles. The minimum absolute atomic E-state index is 0.147. The molecule has 1 spiro atoms. The van der Waals surface area contributed by atoms with Crippen LogP contribution in [0.15, 0.2) is 48.5 Å². The topological polar surface area (TPSA) is 140 Å². The lowest BCUT2D eigenvalue weighted by Gasteiger charge is -2.39. The van der Waals surface area contributed by atoms with Gasteiger partial charge in [0.05, 0.1) is 0 Å². The molecule has 0 aliphatic carbocycles. The highest BCUT2D eigenvalue weighted by Crippen LogP contribution is 2.43. The van der Waals surface area contributed by atoms with Gasteiger partial charge in [-0.1, -0.05) is 29.8 Å². The number of piperidine rings is 1. The fraction of sp³-hybridized carbons (Fsp3) is 0.370. The van der Waals surface area contributed by atoms with Gasteiger partial charge in [0.1, 0.15) is 11.9 Å². The van der Waals surface area contributed by atoms with Crippen molar-refractivity contribution in [2.75, 3.05) is 36.0 Å². The Hall–Kier alpha value is -3.77. The zero-order valence-corrected chi connectivity index (χ0v) is 22.0. The van der Waals surface area contributed by atoms with Gasteiger partial charge in [0.25, 0.3) is 0 Å². The van der Waals surface area contributed by atoms with Crippen LogP contribution in [-0.4, -0.2) is 52.9 Å². The number of hydrogen-bond acceptors (Lipinski definition) is 8. The van der Waals surface area contributed by atoms with Crippen LogP contribution in [0.2, 0.25) is 5.02 Å².